The Labute approximate surface area is 451 Å². The first kappa shape index (κ1) is 69.3. The second-order valence-corrected chi connectivity index (χ2v) is 20.2. The third-order valence-electron chi connectivity index (χ3n) is 13.0. The third kappa shape index (κ3) is 59.1. The molecule has 0 aromatic rings. The van der Waals surface area contributed by atoms with Crippen molar-refractivity contribution in [3.05, 3.63) is 97.2 Å². The molecule has 1 atom stereocenters. The van der Waals surface area contributed by atoms with Crippen LogP contribution in [0.5, 0.6) is 0 Å². The van der Waals surface area contributed by atoms with Gasteiger partial charge in [0.2, 0.25) is 0 Å². The molecule has 73 heavy (non-hydrogen) atoms. The largest absolute Gasteiger partial charge is 0.462 e. The van der Waals surface area contributed by atoms with Gasteiger partial charge in [0, 0.05) is 19.3 Å². The first-order chi connectivity index (χ1) is 36.0. The molecule has 0 aliphatic rings. The molecule has 0 saturated heterocycles. The van der Waals surface area contributed by atoms with Crippen molar-refractivity contribution in [3.63, 3.8) is 0 Å². The molecular weight excluding hydrogens is 901 g/mol. The number of esters is 3. The van der Waals surface area contributed by atoms with Crippen molar-refractivity contribution in [2.75, 3.05) is 13.2 Å². The van der Waals surface area contributed by atoms with Crippen LogP contribution in [0.1, 0.15) is 290 Å². The van der Waals surface area contributed by atoms with Crippen molar-refractivity contribution < 1.29 is 28.6 Å². The van der Waals surface area contributed by atoms with Crippen LogP contribution >= 0.6 is 0 Å². The topological polar surface area (TPSA) is 78.9 Å². The second kappa shape index (κ2) is 60.9. The van der Waals surface area contributed by atoms with Gasteiger partial charge in [-0.05, 0) is 122 Å². The summed E-state index contributed by atoms with van der Waals surface area (Å²) in [4.78, 5) is 38.3. The predicted molar refractivity (Wildman–Crippen MR) is 316 cm³/mol. The lowest BCUT2D eigenvalue weighted by atomic mass is 10.1. The van der Waals surface area contributed by atoms with Crippen LogP contribution < -0.4 is 0 Å². The van der Waals surface area contributed by atoms with Gasteiger partial charge in [0.25, 0.3) is 0 Å². The molecule has 0 rings (SSSR count). The molecule has 6 heteroatoms. The molecule has 0 aliphatic carbocycles. The van der Waals surface area contributed by atoms with E-state index in [1.807, 2.05) is 0 Å². The zero-order valence-electron chi connectivity index (χ0n) is 47.9. The first-order valence-corrected chi connectivity index (χ1v) is 30.7. The third-order valence-corrected chi connectivity index (χ3v) is 13.0. The molecule has 0 aromatic carbocycles. The molecule has 0 aliphatic heterocycles. The van der Waals surface area contributed by atoms with Gasteiger partial charge < -0.3 is 14.2 Å². The van der Waals surface area contributed by atoms with Crippen LogP contribution in [0.4, 0.5) is 0 Å². The number of hydrogen-bond donors (Lipinski definition) is 0. The van der Waals surface area contributed by atoms with Crippen molar-refractivity contribution in [3.8, 4) is 0 Å². The number of allylic oxidation sites excluding steroid dienone is 16. The summed E-state index contributed by atoms with van der Waals surface area (Å²) in [6.45, 7) is 6.48. The van der Waals surface area contributed by atoms with Gasteiger partial charge in [0.15, 0.2) is 6.10 Å². The zero-order chi connectivity index (χ0) is 52.9. The Morgan fingerprint density at radius 2 is 0.534 bits per heavy atom. The fourth-order valence-corrected chi connectivity index (χ4v) is 8.44. The van der Waals surface area contributed by atoms with Crippen molar-refractivity contribution in [2.45, 2.75) is 297 Å². The van der Waals surface area contributed by atoms with Gasteiger partial charge in [-0.3, -0.25) is 14.4 Å². The molecule has 0 heterocycles. The quantitative estimate of drug-likeness (QED) is 0.0261. The summed E-state index contributed by atoms with van der Waals surface area (Å²) in [5.41, 5.74) is 0. The molecule has 0 spiro atoms. The molecule has 1 unspecified atom stereocenters. The van der Waals surface area contributed by atoms with Crippen LogP contribution in [-0.2, 0) is 28.6 Å². The SMILES string of the molecule is CC/C=C\C/C=C\C/C=C\CCCCCCCCCC(=O)OC(COC(=O)CCCCCCC/C=C\C/C=C\CCCCC)COC(=O)CCCCCCCCCC/C=C\C/C=C\C/C=C\CCCCCCC. The number of rotatable bonds is 55. The maximum Gasteiger partial charge on any atom is 0.306 e. The van der Waals surface area contributed by atoms with Crippen LogP contribution in [-0.4, -0.2) is 37.2 Å². The Hall–Kier alpha value is -3.67. The lowest BCUT2D eigenvalue weighted by Crippen LogP contribution is -2.30. The Bertz CT molecular complexity index is 1440. The van der Waals surface area contributed by atoms with Crippen LogP contribution in [0, 0.1) is 0 Å². The second-order valence-electron chi connectivity index (χ2n) is 20.2. The molecule has 0 amide bonds. The molecule has 0 saturated carbocycles. The number of carbonyl (C=O) groups is 3. The predicted octanol–water partition coefficient (Wildman–Crippen LogP) is 20.9. The van der Waals surface area contributed by atoms with Gasteiger partial charge in [-0.1, -0.05) is 246 Å². The van der Waals surface area contributed by atoms with E-state index in [1.54, 1.807) is 0 Å². The van der Waals surface area contributed by atoms with E-state index >= 15 is 0 Å². The monoisotopic (exact) mass is 1010 g/mol. The highest BCUT2D eigenvalue weighted by molar-refractivity contribution is 5.71. The Morgan fingerprint density at radius 3 is 0.863 bits per heavy atom. The fourth-order valence-electron chi connectivity index (χ4n) is 8.44. The molecule has 0 aromatic heterocycles. The molecular formula is C67H114O6. The maximum absolute atomic E-state index is 12.9. The van der Waals surface area contributed by atoms with Gasteiger partial charge >= 0.3 is 17.9 Å². The average Bonchev–Trinajstić information content (AvgIpc) is 3.39. The minimum Gasteiger partial charge on any atom is -0.462 e. The molecule has 0 bridgehead atoms. The van der Waals surface area contributed by atoms with E-state index in [9.17, 15) is 14.4 Å². The summed E-state index contributed by atoms with van der Waals surface area (Å²) < 4.78 is 16.9. The van der Waals surface area contributed by atoms with E-state index in [-0.39, 0.29) is 31.1 Å². The lowest BCUT2D eigenvalue weighted by Gasteiger charge is -2.18. The van der Waals surface area contributed by atoms with Crippen LogP contribution in [0.3, 0.4) is 0 Å². The fraction of sp³-hybridized carbons (Fsp3) is 0.716. The number of ether oxygens (including phenoxy) is 3. The summed E-state index contributed by atoms with van der Waals surface area (Å²) in [6, 6.07) is 0. The molecule has 0 radical (unpaired) electrons. The van der Waals surface area contributed by atoms with Gasteiger partial charge in [0.1, 0.15) is 13.2 Å². The highest BCUT2D eigenvalue weighted by atomic mass is 16.6. The van der Waals surface area contributed by atoms with E-state index in [0.717, 1.165) is 128 Å². The summed E-state index contributed by atoms with van der Waals surface area (Å²) in [5, 5.41) is 0. The molecule has 0 N–H and O–H groups in total. The van der Waals surface area contributed by atoms with Gasteiger partial charge in [-0.15, -0.1) is 0 Å². The van der Waals surface area contributed by atoms with Gasteiger partial charge in [0.05, 0.1) is 0 Å². The minimum absolute atomic E-state index is 0.0904. The Balaban J connectivity index is 4.40. The van der Waals surface area contributed by atoms with Crippen molar-refractivity contribution >= 4 is 17.9 Å². The van der Waals surface area contributed by atoms with Crippen LogP contribution in [0.15, 0.2) is 97.2 Å². The van der Waals surface area contributed by atoms with Crippen LogP contribution in [0.25, 0.3) is 0 Å². The highest BCUT2D eigenvalue weighted by Crippen LogP contribution is 2.15. The number of carbonyl (C=O) groups excluding carboxylic acids is 3. The average molecular weight is 1020 g/mol. The molecule has 418 valence electrons. The molecule has 6 nitrogen and oxygen atoms in total. The summed E-state index contributed by atoms with van der Waals surface area (Å²) in [5.74, 6) is -0.915. The van der Waals surface area contributed by atoms with Crippen molar-refractivity contribution in [1.29, 1.82) is 0 Å². The molecule has 0 fully saturated rings. The lowest BCUT2D eigenvalue weighted by molar-refractivity contribution is -0.167. The first-order valence-electron chi connectivity index (χ1n) is 30.7. The normalized spacial score (nSPS) is 12.8. The van der Waals surface area contributed by atoms with Crippen molar-refractivity contribution in [1.82, 2.24) is 0 Å². The summed E-state index contributed by atoms with van der Waals surface area (Å²) in [6.07, 6.45) is 81.1. The minimum atomic E-state index is -0.794. The zero-order valence-corrected chi connectivity index (χ0v) is 47.9. The van der Waals surface area contributed by atoms with E-state index in [1.165, 1.54) is 122 Å². The van der Waals surface area contributed by atoms with Crippen molar-refractivity contribution in [2.24, 2.45) is 0 Å². The standard InChI is InChI=1S/C67H114O6/c1-4-7-10-13-16-19-22-25-28-30-31-32-33-34-35-37-39-42-45-48-51-54-57-60-66(69)72-63-64(62-71-65(68)59-56-53-50-47-44-41-38-27-24-21-18-15-12-9-6-3)73-67(70)61-58-55-52-49-46-43-40-36-29-26-23-20-17-14-11-8-5-2/h8,11,17-18,20-22,25-27,29-31,33-34,38,64H,4-7,9-10,12-16,19,23-24,28,32,35-37,39-63H2,1-3H3/b11-8-,20-17-,21-18-,25-22-,29-26-,31-30-,34-33-,38-27-. The van der Waals surface area contributed by atoms with Gasteiger partial charge in [-0.25, -0.2) is 0 Å². The highest BCUT2D eigenvalue weighted by Gasteiger charge is 2.19. The van der Waals surface area contributed by atoms with E-state index in [0.29, 0.717) is 19.3 Å². The Kier molecular flexibility index (Phi) is 57.8. The summed E-state index contributed by atoms with van der Waals surface area (Å²) in [7, 11) is 0. The maximum atomic E-state index is 12.9. The van der Waals surface area contributed by atoms with E-state index in [2.05, 4.69) is 118 Å². The van der Waals surface area contributed by atoms with Crippen LogP contribution in [0.2, 0.25) is 0 Å². The van der Waals surface area contributed by atoms with E-state index < -0.39 is 6.10 Å². The number of unbranched alkanes of at least 4 members (excludes halogenated alkanes) is 28. The summed E-state index contributed by atoms with van der Waals surface area (Å²) >= 11 is 0. The number of hydrogen-bond acceptors (Lipinski definition) is 6. The smallest absolute Gasteiger partial charge is 0.306 e. The van der Waals surface area contributed by atoms with Gasteiger partial charge in [-0.2, -0.15) is 0 Å². The Morgan fingerprint density at radius 1 is 0.288 bits per heavy atom. The van der Waals surface area contributed by atoms with E-state index in [4.69, 9.17) is 14.2 Å².